The highest BCUT2D eigenvalue weighted by molar-refractivity contribution is 7.80. The van der Waals surface area contributed by atoms with Crippen LogP contribution in [0.5, 0.6) is 5.75 Å². The fourth-order valence-corrected chi connectivity index (χ4v) is 5.41. The van der Waals surface area contributed by atoms with Crippen LogP contribution in [0.3, 0.4) is 0 Å². The Bertz CT molecular complexity index is 1450. The van der Waals surface area contributed by atoms with Crippen molar-refractivity contribution in [2.75, 3.05) is 12.0 Å². The molecule has 1 saturated heterocycles. The predicted molar refractivity (Wildman–Crippen MR) is 143 cm³/mol. The van der Waals surface area contributed by atoms with Crippen LogP contribution in [0.15, 0.2) is 79.0 Å². The molecule has 36 heavy (non-hydrogen) atoms. The van der Waals surface area contributed by atoms with Crippen LogP contribution >= 0.6 is 12.2 Å². The van der Waals surface area contributed by atoms with Crippen molar-refractivity contribution in [2.45, 2.75) is 25.9 Å². The molecule has 2 atom stereocenters. The van der Waals surface area contributed by atoms with E-state index in [2.05, 4.69) is 21.3 Å². The number of aromatic nitrogens is 2. The molecule has 4 aromatic rings. The number of aryl methyl sites for hydroxylation is 1. The molecule has 0 unspecified atom stereocenters. The average Bonchev–Trinajstić information content (AvgIpc) is 3.39. The Morgan fingerprint density at radius 1 is 1.03 bits per heavy atom. The third-order valence-electron chi connectivity index (χ3n) is 6.61. The summed E-state index contributed by atoms with van der Waals surface area (Å²) in [6.07, 6.45) is 1.77. The fourth-order valence-electron chi connectivity index (χ4n) is 5.07. The standard InChI is InChI=1S/C28H26N4O3S/c1-17-16-20(18(2)31(17)22-12-5-4-10-19(22)27(33)34)26-25(21-11-8-9-15-29-21)30-28(36)32(26)23-13-6-7-14-24(23)35-3/h4-16,25-26H,1-3H3,(H,30,36)(H,33,34)/t25-,26-/m0/s1. The van der Waals surface area contributed by atoms with Gasteiger partial charge in [0.25, 0.3) is 0 Å². The number of carbonyl (C=O) groups is 1. The number of thiocarbonyl (C=S) groups is 1. The van der Waals surface area contributed by atoms with Crippen molar-refractivity contribution in [1.29, 1.82) is 0 Å². The number of rotatable bonds is 6. The largest absolute Gasteiger partial charge is 0.495 e. The Morgan fingerprint density at radius 3 is 2.42 bits per heavy atom. The van der Waals surface area contributed by atoms with Gasteiger partial charge < -0.3 is 24.6 Å². The molecule has 1 aliphatic rings. The second-order valence-electron chi connectivity index (χ2n) is 8.65. The van der Waals surface area contributed by atoms with E-state index in [0.717, 1.165) is 28.3 Å². The molecular formula is C28H26N4O3S. The van der Waals surface area contributed by atoms with Crippen molar-refractivity contribution < 1.29 is 14.6 Å². The lowest BCUT2D eigenvalue weighted by atomic mass is 9.96. The number of carboxylic acids is 1. The van der Waals surface area contributed by atoms with Gasteiger partial charge in [-0.2, -0.15) is 0 Å². The Morgan fingerprint density at radius 2 is 1.72 bits per heavy atom. The lowest BCUT2D eigenvalue weighted by Gasteiger charge is -2.29. The number of hydrogen-bond acceptors (Lipinski definition) is 4. The van der Waals surface area contributed by atoms with Gasteiger partial charge in [-0.3, -0.25) is 4.98 Å². The number of nitrogens with one attached hydrogen (secondary N) is 1. The van der Waals surface area contributed by atoms with Gasteiger partial charge in [-0.15, -0.1) is 0 Å². The predicted octanol–water partition coefficient (Wildman–Crippen LogP) is 5.37. The molecule has 1 aliphatic heterocycles. The smallest absolute Gasteiger partial charge is 0.337 e. The van der Waals surface area contributed by atoms with Crippen molar-refractivity contribution in [3.8, 4) is 11.4 Å². The molecule has 0 bridgehead atoms. The number of aromatic carboxylic acids is 1. The lowest BCUT2D eigenvalue weighted by Crippen LogP contribution is -2.30. The summed E-state index contributed by atoms with van der Waals surface area (Å²) >= 11 is 5.86. The molecule has 3 heterocycles. The number of methoxy groups -OCH3 is 1. The summed E-state index contributed by atoms with van der Waals surface area (Å²) in [5.41, 5.74) is 5.44. The van der Waals surface area contributed by atoms with Crippen LogP contribution < -0.4 is 15.0 Å². The van der Waals surface area contributed by atoms with E-state index in [1.54, 1.807) is 25.4 Å². The minimum Gasteiger partial charge on any atom is -0.495 e. The zero-order valence-corrected chi connectivity index (χ0v) is 21.0. The van der Waals surface area contributed by atoms with Crippen molar-refractivity contribution in [3.63, 3.8) is 0 Å². The van der Waals surface area contributed by atoms with Crippen LogP contribution in [0.25, 0.3) is 5.69 Å². The Hall–Kier alpha value is -4.17. The molecule has 182 valence electrons. The third-order valence-corrected chi connectivity index (χ3v) is 6.92. The van der Waals surface area contributed by atoms with Gasteiger partial charge in [0.05, 0.1) is 41.8 Å². The van der Waals surface area contributed by atoms with Gasteiger partial charge in [-0.1, -0.05) is 30.3 Å². The van der Waals surface area contributed by atoms with E-state index < -0.39 is 5.97 Å². The minimum atomic E-state index is -0.967. The molecule has 0 radical (unpaired) electrons. The summed E-state index contributed by atoms with van der Waals surface area (Å²) in [5, 5.41) is 13.9. The second kappa shape index (κ2) is 9.47. The van der Waals surface area contributed by atoms with Crippen LogP contribution in [0, 0.1) is 13.8 Å². The van der Waals surface area contributed by atoms with Crippen molar-refractivity contribution in [1.82, 2.24) is 14.9 Å². The number of hydrogen-bond donors (Lipinski definition) is 2. The summed E-state index contributed by atoms with van der Waals surface area (Å²) in [7, 11) is 1.64. The molecule has 0 saturated carbocycles. The van der Waals surface area contributed by atoms with Gasteiger partial charge in [0.1, 0.15) is 5.75 Å². The fraction of sp³-hybridized carbons (Fsp3) is 0.179. The number of anilines is 1. The summed E-state index contributed by atoms with van der Waals surface area (Å²) < 4.78 is 7.68. The van der Waals surface area contributed by atoms with E-state index in [1.165, 1.54) is 0 Å². The van der Waals surface area contributed by atoms with Crippen molar-refractivity contribution in [3.05, 3.63) is 107 Å². The normalized spacial score (nSPS) is 17.2. The van der Waals surface area contributed by atoms with Gasteiger partial charge >= 0.3 is 5.97 Å². The maximum Gasteiger partial charge on any atom is 0.337 e. The van der Waals surface area contributed by atoms with Crippen LogP contribution in [-0.2, 0) is 0 Å². The highest BCUT2D eigenvalue weighted by atomic mass is 32.1. The maximum atomic E-state index is 12.0. The van der Waals surface area contributed by atoms with Gasteiger partial charge in [0, 0.05) is 17.6 Å². The lowest BCUT2D eigenvalue weighted by molar-refractivity contribution is 0.0697. The summed E-state index contributed by atoms with van der Waals surface area (Å²) in [5.74, 6) is -0.260. The van der Waals surface area contributed by atoms with E-state index >= 15 is 0 Å². The van der Waals surface area contributed by atoms with Gasteiger partial charge in [0.2, 0.25) is 0 Å². The molecule has 0 spiro atoms. The van der Waals surface area contributed by atoms with Gasteiger partial charge in [-0.05, 0) is 74.1 Å². The number of benzene rings is 2. The topological polar surface area (TPSA) is 79.6 Å². The number of carboxylic acid groups (broad SMARTS) is 1. The molecule has 8 heteroatoms. The van der Waals surface area contributed by atoms with Crippen LogP contribution in [-0.4, -0.2) is 32.8 Å². The van der Waals surface area contributed by atoms with Gasteiger partial charge in [0.15, 0.2) is 5.11 Å². The van der Waals surface area contributed by atoms with E-state index in [4.69, 9.17) is 17.0 Å². The molecule has 2 N–H and O–H groups in total. The van der Waals surface area contributed by atoms with Crippen molar-refractivity contribution in [2.24, 2.45) is 0 Å². The molecule has 2 aromatic carbocycles. The van der Waals surface area contributed by atoms with Crippen LogP contribution in [0.2, 0.25) is 0 Å². The quantitative estimate of drug-likeness (QED) is 0.346. The summed E-state index contributed by atoms with van der Waals surface area (Å²) in [6, 6.07) is 22.3. The van der Waals surface area contributed by atoms with E-state index in [-0.39, 0.29) is 17.6 Å². The van der Waals surface area contributed by atoms with E-state index in [9.17, 15) is 9.90 Å². The highest BCUT2D eigenvalue weighted by Crippen LogP contribution is 2.46. The Balaban J connectivity index is 1.73. The Kier molecular flexibility index (Phi) is 6.20. The van der Waals surface area contributed by atoms with Crippen LogP contribution in [0.1, 0.15) is 45.1 Å². The highest BCUT2D eigenvalue weighted by Gasteiger charge is 2.43. The summed E-state index contributed by atoms with van der Waals surface area (Å²) in [4.78, 5) is 18.7. The Labute approximate surface area is 215 Å². The molecular weight excluding hydrogens is 472 g/mol. The first kappa shape index (κ1) is 23.6. The summed E-state index contributed by atoms with van der Waals surface area (Å²) in [6.45, 7) is 4.00. The van der Waals surface area contributed by atoms with Crippen LogP contribution in [0.4, 0.5) is 5.69 Å². The minimum absolute atomic E-state index is 0.229. The molecule has 0 aliphatic carbocycles. The van der Waals surface area contributed by atoms with E-state index in [0.29, 0.717) is 16.5 Å². The monoisotopic (exact) mass is 498 g/mol. The van der Waals surface area contributed by atoms with Gasteiger partial charge in [-0.25, -0.2) is 4.79 Å². The van der Waals surface area contributed by atoms with E-state index in [1.807, 2.05) is 73.0 Å². The number of ether oxygens (including phenoxy) is 1. The molecule has 5 rings (SSSR count). The first-order chi connectivity index (χ1) is 17.4. The molecule has 2 aromatic heterocycles. The first-order valence-electron chi connectivity index (χ1n) is 11.6. The maximum absolute atomic E-state index is 12.0. The number of nitrogens with zero attached hydrogens (tertiary/aromatic N) is 3. The number of pyridine rings is 1. The molecule has 1 fully saturated rings. The van der Waals surface area contributed by atoms with Crippen molar-refractivity contribution >= 4 is 29.0 Å². The average molecular weight is 499 g/mol. The number of para-hydroxylation sites is 3. The second-order valence-corrected chi connectivity index (χ2v) is 9.04. The molecule has 7 nitrogen and oxygen atoms in total. The molecule has 0 amide bonds. The zero-order chi connectivity index (χ0) is 25.4. The third kappa shape index (κ3) is 3.89. The SMILES string of the molecule is COc1ccccc1N1C(=S)N[C@@H](c2ccccn2)[C@@H]1c1cc(C)n(-c2ccccc2C(=O)O)c1C. The zero-order valence-electron chi connectivity index (χ0n) is 20.2. The first-order valence-corrected chi connectivity index (χ1v) is 12.0.